The number of rotatable bonds is 7. The number of aliphatic carboxylic acids is 1. The fourth-order valence-corrected chi connectivity index (χ4v) is 4.12. The second-order valence-corrected chi connectivity index (χ2v) is 8.41. The van der Waals surface area contributed by atoms with Crippen LogP contribution in [0.15, 0.2) is 72.9 Å². The van der Waals surface area contributed by atoms with Crippen LogP contribution in [0, 0.1) is 5.92 Å². The number of aromatic nitrogens is 1. The summed E-state index contributed by atoms with van der Waals surface area (Å²) in [5.41, 5.74) is 1.48. The van der Waals surface area contributed by atoms with Crippen molar-refractivity contribution in [1.29, 1.82) is 0 Å². The Bertz CT molecular complexity index is 1250. The summed E-state index contributed by atoms with van der Waals surface area (Å²) in [6.45, 7) is 3.41. The number of para-hydroxylation sites is 1. The second-order valence-electron chi connectivity index (χ2n) is 8.41. The monoisotopic (exact) mass is 414 g/mol. The maximum Gasteiger partial charge on any atom is 0.329 e. The molecule has 3 N–H and O–H groups in total. The molecular weight excluding hydrogens is 388 g/mol. The third-order valence-electron chi connectivity index (χ3n) is 5.94. The Labute approximate surface area is 181 Å². The number of carbonyl (C=O) groups excluding carboxylic acids is 1. The molecule has 3 aromatic carbocycles. The van der Waals surface area contributed by atoms with Gasteiger partial charge in [-0.05, 0) is 41.3 Å². The summed E-state index contributed by atoms with van der Waals surface area (Å²) in [7, 11) is 0. The number of carboxylic acid groups (broad SMARTS) is 1. The first-order valence-corrected chi connectivity index (χ1v) is 10.4. The summed E-state index contributed by atoms with van der Waals surface area (Å²) >= 11 is 0. The highest BCUT2D eigenvalue weighted by Gasteiger charge is 2.36. The molecular formula is C26H26N2O3. The van der Waals surface area contributed by atoms with Crippen LogP contribution in [0.3, 0.4) is 0 Å². The smallest absolute Gasteiger partial charge is 0.329 e. The van der Waals surface area contributed by atoms with E-state index in [4.69, 9.17) is 0 Å². The van der Waals surface area contributed by atoms with E-state index in [2.05, 4.69) is 10.3 Å². The number of carbonyl (C=O) groups is 2. The summed E-state index contributed by atoms with van der Waals surface area (Å²) < 4.78 is 0. The van der Waals surface area contributed by atoms with E-state index in [0.717, 1.165) is 32.8 Å². The van der Waals surface area contributed by atoms with Crippen molar-refractivity contribution in [2.24, 2.45) is 5.92 Å². The normalized spacial score (nSPS) is 14.3. The van der Waals surface area contributed by atoms with E-state index >= 15 is 0 Å². The molecule has 5 nitrogen and oxygen atoms in total. The van der Waals surface area contributed by atoms with Crippen LogP contribution in [0.4, 0.5) is 0 Å². The van der Waals surface area contributed by atoms with Gasteiger partial charge in [-0.15, -0.1) is 0 Å². The molecule has 158 valence electrons. The van der Waals surface area contributed by atoms with Gasteiger partial charge in [0.1, 0.15) is 5.54 Å². The molecule has 1 aromatic heterocycles. The number of carboxylic acids is 1. The van der Waals surface area contributed by atoms with Crippen molar-refractivity contribution in [3.8, 4) is 0 Å². The second kappa shape index (κ2) is 8.26. The molecule has 1 amide bonds. The van der Waals surface area contributed by atoms with Gasteiger partial charge in [0.25, 0.3) is 0 Å². The average Bonchev–Trinajstić information content (AvgIpc) is 3.16. The molecule has 0 aliphatic rings. The molecule has 0 aliphatic carbocycles. The van der Waals surface area contributed by atoms with Crippen LogP contribution in [-0.4, -0.2) is 27.5 Å². The molecule has 0 aliphatic heterocycles. The van der Waals surface area contributed by atoms with Crippen molar-refractivity contribution < 1.29 is 14.7 Å². The molecule has 1 heterocycles. The Balaban J connectivity index is 1.53. The van der Waals surface area contributed by atoms with E-state index in [-0.39, 0.29) is 18.2 Å². The fourth-order valence-electron chi connectivity index (χ4n) is 4.12. The summed E-state index contributed by atoms with van der Waals surface area (Å²) in [6, 6.07) is 21.9. The van der Waals surface area contributed by atoms with Gasteiger partial charge in [-0.3, -0.25) is 4.79 Å². The fraction of sp³-hybridized carbons (Fsp3) is 0.231. The molecule has 0 fully saturated rings. The first-order valence-electron chi connectivity index (χ1n) is 10.4. The SMILES string of the molecule is CC(Cc1cccc2ccccc12)C(=O)N[C@](C)(Cc1c[nH]c2ccccc12)C(=O)O. The van der Waals surface area contributed by atoms with E-state index in [9.17, 15) is 14.7 Å². The summed E-state index contributed by atoms with van der Waals surface area (Å²) in [6.07, 6.45) is 2.55. The predicted molar refractivity (Wildman–Crippen MR) is 123 cm³/mol. The molecule has 5 heteroatoms. The van der Waals surface area contributed by atoms with Gasteiger partial charge < -0.3 is 15.4 Å². The highest BCUT2D eigenvalue weighted by atomic mass is 16.4. The molecule has 0 radical (unpaired) electrons. The maximum absolute atomic E-state index is 13.0. The van der Waals surface area contributed by atoms with Gasteiger partial charge in [-0.1, -0.05) is 67.6 Å². The highest BCUT2D eigenvalue weighted by Crippen LogP contribution is 2.25. The quantitative estimate of drug-likeness (QED) is 0.410. The topological polar surface area (TPSA) is 82.2 Å². The van der Waals surface area contributed by atoms with Gasteiger partial charge in [0.15, 0.2) is 0 Å². The number of hydrogen-bond acceptors (Lipinski definition) is 2. The summed E-state index contributed by atoms with van der Waals surface area (Å²) in [5, 5.41) is 16.0. The Morgan fingerprint density at radius 2 is 1.65 bits per heavy atom. The van der Waals surface area contributed by atoms with Crippen LogP contribution in [0.25, 0.3) is 21.7 Å². The average molecular weight is 415 g/mol. The van der Waals surface area contributed by atoms with Crippen LogP contribution in [0.5, 0.6) is 0 Å². The Hall–Kier alpha value is -3.60. The largest absolute Gasteiger partial charge is 0.480 e. The van der Waals surface area contributed by atoms with Crippen molar-refractivity contribution in [2.75, 3.05) is 0 Å². The number of nitrogens with one attached hydrogen (secondary N) is 2. The molecule has 0 saturated carbocycles. The van der Waals surface area contributed by atoms with E-state index in [1.807, 2.05) is 79.9 Å². The summed E-state index contributed by atoms with van der Waals surface area (Å²) in [4.78, 5) is 28.3. The van der Waals surface area contributed by atoms with Crippen molar-refractivity contribution in [3.05, 3.63) is 84.1 Å². The minimum absolute atomic E-state index is 0.194. The molecule has 1 unspecified atom stereocenters. The zero-order valence-corrected chi connectivity index (χ0v) is 17.7. The van der Waals surface area contributed by atoms with Gasteiger partial charge in [-0.2, -0.15) is 0 Å². The molecule has 0 bridgehead atoms. The highest BCUT2D eigenvalue weighted by molar-refractivity contribution is 5.91. The number of H-pyrrole nitrogens is 1. The summed E-state index contributed by atoms with van der Waals surface area (Å²) in [5.74, 6) is -1.69. The standard InChI is InChI=1S/C26H26N2O3/c1-17(14-19-10-7-9-18-8-3-4-11-21(18)19)24(29)28-26(2,25(30)31)15-20-16-27-23-13-6-5-12-22(20)23/h3-13,16-17,27H,14-15H2,1-2H3,(H,28,29)(H,30,31)/t17?,26-/m1/s1. The molecule has 4 rings (SSSR count). The Morgan fingerprint density at radius 3 is 2.42 bits per heavy atom. The van der Waals surface area contributed by atoms with E-state index in [1.165, 1.54) is 0 Å². The molecule has 2 atom stereocenters. The first-order chi connectivity index (χ1) is 14.9. The van der Waals surface area contributed by atoms with E-state index in [1.54, 1.807) is 6.92 Å². The molecule has 0 spiro atoms. The maximum atomic E-state index is 13.0. The van der Waals surface area contributed by atoms with Crippen molar-refractivity contribution in [3.63, 3.8) is 0 Å². The zero-order valence-electron chi connectivity index (χ0n) is 17.7. The van der Waals surface area contributed by atoms with Crippen molar-refractivity contribution >= 4 is 33.6 Å². The van der Waals surface area contributed by atoms with Crippen LogP contribution in [-0.2, 0) is 22.4 Å². The lowest BCUT2D eigenvalue weighted by Crippen LogP contribution is -2.55. The molecule has 0 saturated heterocycles. The third-order valence-corrected chi connectivity index (χ3v) is 5.94. The first kappa shape index (κ1) is 20.7. The Kier molecular flexibility index (Phi) is 5.51. The van der Waals surface area contributed by atoms with Crippen LogP contribution in [0.1, 0.15) is 25.0 Å². The lowest BCUT2D eigenvalue weighted by atomic mass is 9.90. The van der Waals surface area contributed by atoms with Gasteiger partial charge in [0.05, 0.1) is 0 Å². The number of hydrogen-bond donors (Lipinski definition) is 3. The van der Waals surface area contributed by atoms with Gasteiger partial charge >= 0.3 is 5.97 Å². The number of fused-ring (bicyclic) bond motifs is 2. The van der Waals surface area contributed by atoms with Crippen LogP contribution in [0.2, 0.25) is 0 Å². The van der Waals surface area contributed by atoms with Gasteiger partial charge in [0, 0.05) is 29.4 Å². The minimum atomic E-state index is -1.41. The van der Waals surface area contributed by atoms with E-state index < -0.39 is 11.5 Å². The molecule has 4 aromatic rings. The van der Waals surface area contributed by atoms with Crippen LogP contribution >= 0.6 is 0 Å². The number of benzene rings is 3. The van der Waals surface area contributed by atoms with Crippen molar-refractivity contribution in [2.45, 2.75) is 32.2 Å². The van der Waals surface area contributed by atoms with Gasteiger partial charge in [0.2, 0.25) is 5.91 Å². The lowest BCUT2D eigenvalue weighted by molar-refractivity contribution is -0.147. The van der Waals surface area contributed by atoms with E-state index in [0.29, 0.717) is 6.42 Å². The number of amides is 1. The van der Waals surface area contributed by atoms with Crippen LogP contribution < -0.4 is 5.32 Å². The lowest BCUT2D eigenvalue weighted by Gasteiger charge is -2.28. The number of aromatic amines is 1. The Morgan fingerprint density at radius 1 is 0.968 bits per heavy atom. The minimum Gasteiger partial charge on any atom is -0.480 e. The third kappa shape index (κ3) is 4.17. The van der Waals surface area contributed by atoms with Gasteiger partial charge in [-0.25, -0.2) is 4.79 Å². The molecule has 31 heavy (non-hydrogen) atoms. The predicted octanol–water partition coefficient (Wildman–Crippen LogP) is 4.70. The zero-order chi connectivity index (χ0) is 22.0. The van der Waals surface area contributed by atoms with Crippen molar-refractivity contribution in [1.82, 2.24) is 10.3 Å².